The molecule has 2 unspecified atom stereocenters. The van der Waals surface area contributed by atoms with Gasteiger partial charge in [0, 0.05) is 0 Å². The van der Waals surface area contributed by atoms with Gasteiger partial charge in [0.1, 0.15) is 0 Å². The van der Waals surface area contributed by atoms with Crippen molar-refractivity contribution in [1.29, 1.82) is 0 Å². The maximum atomic E-state index is 2.62. The molecule has 0 aromatic heterocycles. The summed E-state index contributed by atoms with van der Waals surface area (Å²) in [6, 6.07) is 0. The van der Waals surface area contributed by atoms with Crippen LogP contribution in [0, 0.1) is 23.2 Å². The van der Waals surface area contributed by atoms with Crippen molar-refractivity contribution in [2.45, 2.75) is 89.6 Å². The summed E-state index contributed by atoms with van der Waals surface area (Å²) in [7, 11) is 0. The van der Waals surface area contributed by atoms with Crippen LogP contribution in [0.2, 0.25) is 17.5 Å². The normalized spacial score (nSPS) is 50.0. The van der Waals surface area contributed by atoms with Gasteiger partial charge in [-0.2, -0.15) is 17.5 Å². The molecule has 0 nitrogen and oxygen atoms in total. The average molecular weight is 265 g/mol. The molecule has 3 saturated carbocycles. The van der Waals surface area contributed by atoms with Gasteiger partial charge in [0.05, 0.1) is 0 Å². The Hall–Kier alpha value is 0.662. The topological polar surface area (TPSA) is 0 Å². The van der Waals surface area contributed by atoms with Gasteiger partial charge in [0.25, 0.3) is 0 Å². The molecule has 0 aromatic rings. The standard InChI is InChI=1S/C18H31B.Li/c1-12-16-10-13(18(16,2)3)11-17(12)19-14-6-4-7-15(19)9-5-8-14;/h12-17H,4-11H2,1-3H3;/q-1;+1/t12-,13?,14?,15?,16?,17-;/m1./s1. The molecule has 5 aliphatic rings. The summed E-state index contributed by atoms with van der Waals surface area (Å²) < 4.78 is 0. The van der Waals surface area contributed by atoms with Gasteiger partial charge in [-0.1, -0.05) is 71.6 Å². The Labute approximate surface area is 138 Å². The van der Waals surface area contributed by atoms with Crippen molar-refractivity contribution in [3.8, 4) is 0 Å². The summed E-state index contributed by atoms with van der Waals surface area (Å²) in [6.45, 7) is 8.87. The van der Waals surface area contributed by atoms with Crippen LogP contribution in [0.4, 0.5) is 0 Å². The minimum Gasteiger partial charge on any atom is -0.196 e. The van der Waals surface area contributed by atoms with Crippen LogP contribution in [-0.4, -0.2) is 6.71 Å². The minimum absolute atomic E-state index is 0. The molecule has 3 aliphatic carbocycles. The second kappa shape index (κ2) is 5.38. The third-order valence-electron chi connectivity index (χ3n) is 8.30. The summed E-state index contributed by atoms with van der Waals surface area (Å²) in [5.41, 5.74) is 0.680. The zero-order chi connectivity index (χ0) is 13.2. The number of fused-ring (bicyclic) bond motifs is 5. The Bertz CT molecular complexity index is 344. The van der Waals surface area contributed by atoms with Crippen molar-refractivity contribution < 1.29 is 18.9 Å². The molecule has 0 spiro atoms. The van der Waals surface area contributed by atoms with Crippen LogP contribution in [0.15, 0.2) is 0 Å². The van der Waals surface area contributed by atoms with Gasteiger partial charge in [-0.3, -0.25) is 0 Å². The molecule has 0 aromatic carbocycles. The number of rotatable bonds is 1. The summed E-state index contributed by atoms with van der Waals surface area (Å²) in [4.78, 5) is 0. The van der Waals surface area contributed by atoms with Crippen molar-refractivity contribution in [3.63, 3.8) is 0 Å². The van der Waals surface area contributed by atoms with E-state index in [1.807, 2.05) is 0 Å². The second-order valence-electron chi connectivity index (χ2n) is 9.08. The average Bonchev–Trinajstić information content (AvgIpc) is 2.37. The van der Waals surface area contributed by atoms with Crippen LogP contribution in [-0.2, 0) is 0 Å². The third kappa shape index (κ3) is 2.10. The Morgan fingerprint density at radius 1 is 0.900 bits per heavy atom. The van der Waals surface area contributed by atoms with E-state index in [0.29, 0.717) is 5.41 Å². The fraction of sp³-hybridized carbons (Fsp3) is 1.00. The smallest absolute Gasteiger partial charge is 0.196 e. The molecular formula is C18H31BLi. The molecule has 4 bridgehead atoms. The molecule has 2 heterocycles. The zero-order valence-electron chi connectivity index (χ0n) is 14.2. The number of hydrogen-bond donors (Lipinski definition) is 0. The van der Waals surface area contributed by atoms with Crippen molar-refractivity contribution in [1.82, 2.24) is 0 Å². The fourth-order valence-electron chi connectivity index (χ4n) is 7.12. The predicted octanol–water partition coefficient (Wildman–Crippen LogP) is 2.67. The van der Waals surface area contributed by atoms with Crippen LogP contribution < -0.4 is 18.9 Å². The first-order valence-electron chi connectivity index (χ1n) is 9.09. The molecule has 0 N–H and O–H groups in total. The fourth-order valence-corrected chi connectivity index (χ4v) is 7.12. The number of hydrogen-bond acceptors (Lipinski definition) is 0. The summed E-state index contributed by atoms with van der Waals surface area (Å²) >= 11 is 0. The van der Waals surface area contributed by atoms with Crippen molar-refractivity contribution in [2.24, 2.45) is 23.2 Å². The molecule has 2 aliphatic heterocycles. The van der Waals surface area contributed by atoms with Crippen molar-refractivity contribution in [3.05, 3.63) is 0 Å². The first-order chi connectivity index (χ1) is 9.09. The van der Waals surface area contributed by atoms with Gasteiger partial charge in [-0.25, -0.2) is 0 Å². The van der Waals surface area contributed by atoms with E-state index in [2.05, 4.69) is 20.8 Å². The molecule has 5 rings (SSSR count). The molecule has 5 fully saturated rings. The Balaban J connectivity index is 0.00000121. The quantitative estimate of drug-likeness (QED) is 0.639. The monoisotopic (exact) mass is 265 g/mol. The molecule has 0 amide bonds. The van der Waals surface area contributed by atoms with E-state index in [-0.39, 0.29) is 18.9 Å². The van der Waals surface area contributed by atoms with Gasteiger partial charge in [-0.15, -0.1) is 6.71 Å². The molecule has 2 saturated heterocycles. The van der Waals surface area contributed by atoms with E-state index in [9.17, 15) is 0 Å². The minimum atomic E-state index is 0. The predicted molar refractivity (Wildman–Crippen MR) is 83.9 cm³/mol. The maximum Gasteiger partial charge on any atom is 1.00 e. The summed E-state index contributed by atoms with van der Waals surface area (Å²) in [6.07, 6.45) is 12.5. The largest absolute Gasteiger partial charge is 1.00 e. The van der Waals surface area contributed by atoms with Crippen LogP contribution in [0.25, 0.3) is 0 Å². The van der Waals surface area contributed by atoms with Crippen molar-refractivity contribution in [2.75, 3.05) is 0 Å². The van der Waals surface area contributed by atoms with Gasteiger partial charge < -0.3 is 0 Å². The maximum absolute atomic E-state index is 2.62. The molecule has 107 valence electrons. The summed E-state index contributed by atoms with van der Waals surface area (Å²) in [5, 5.41) is 0. The summed E-state index contributed by atoms with van der Waals surface area (Å²) in [5.74, 6) is 6.50. The third-order valence-corrected chi connectivity index (χ3v) is 8.30. The van der Waals surface area contributed by atoms with E-state index in [0.717, 1.165) is 41.9 Å². The van der Waals surface area contributed by atoms with Gasteiger partial charge in [-0.05, 0) is 23.7 Å². The Kier molecular flexibility index (Phi) is 4.19. The van der Waals surface area contributed by atoms with Gasteiger partial charge >= 0.3 is 18.9 Å². The Morgan fingerprint density at radius 3 is 1.90 bits per heavy atom. The molecule has 20 heavy (non-hydrogen) atoms. The van der Waals surface area contributed by atoms with E-state index in [4.69, 9.17) is 0 Å². The van der Waals surface area contributed by atoms with Gasteiger partial charge in [0.15, 0.2) is 0 Å². The Morgan fingerprint density at radius 2 is 1.45 bits per heavy atom. The van der Waals surface area contributed by atoms with E-state index < -0.39 is 0 Å². The molecule has 4 atom stereocenters. The SMILES string of the molecule is C[C@@H]1C2CC(C[C@H]1[B-]1C3CCCC1CCC3)C2(C)C.[Li+]. The first-order valence-corrected chi connectivity index (χ1v) is 9.09. The van der Waals surface area contributed by atoms with E-state index in [1.165, 1.54) is 0 Å². The van der Waals surface area contributed by atoms with Crippen LogP contribution in [0.3, 0.4) is 0 Å². The zero-order valence-corrected chi connectivity index (χ0v) is 14.2. The van der Waals surface area contributed by atoms with Crippen LogP contribution >= 0.6 is 0 Å². The molecule has 1 radical (unpaired) electrons. The van der Waals surface area contributed by atoms with E-state index >= 15 is 0 Å². The van der Waals surface area contributed by atoms with Crippen LogP contribution in [0.5, 0.6) is 0 Å². The second-order valence-corrected chi connectivity index (χ2v) is 9.08. The molecular weight excluding hydrogens is 234 g/mol. The van der Waals surface area contributed by atoms with Crippen molar-refractivity contribution >= 4 is 6.71 Å². The van der Waals surface area contributed by atoms with Crippen LogP contribution in [0.1, 0.15) is 72.1 Å². The van der Waals surface area contributed by atoms with Gasteiger partial charge in [0.2, 0.25) is 0 Å². The van der Waals surface area contributed by atoms with E-state index in [1.54, 1.807) is 51.4 Å². The first kappa shape index (κ1) is 15.6. The molecule has 2 heteroatoms.